The first-order valence-corrected chi connectivity index (χ1v) is 6.46. The van der Waals surface area contributed by atoms with Gasteiger partial charge < -0.3 is 10.2 Å². The van der Waals surface area contributed by atoms with Crippen molar-refractivity contribution in [3.63, 3.8) is 0 Å². The van der Waals surface area contributed by atoms with Crippen molar-refractivity contribution in [1.29, 1.82) is 15.8 Å². The molecule has 0 aliphatic carbocycles. The number of hydrogen-bond acceptors (Lipinski definition) is 5. The van der Waals surface area contributed by atoms with Crippen LogP contribution in [0, 0.1) is 39.8 Å². The van der Waals surface area contributed by atoms with E-state index in [-0.39, 0.29) is 11.3 Å². The molecular weight excluding hydrogens is 269 g/mol. The standard InChI is InChI=1S/C15H12FN5/c16-12-4-3-5-13(15(12)21-6-1-2-7-21)20-14(10-19)11(8-17)9-18/h3-5,20H,1-2,6-7H2. The van der Waals surface area contributed by atoms with Crippen LogP contribution in [0.5, 0.6) is 0 Å². The number of para-hydroxylation sites is 1. The topological polar surface area (TPSA) is 86.6 Å². The van der Waals surface area contributed by atoms with Gasteiger partial charge in [-0.25, -0.2) is 4.39 Å². The first-order valence-electron chi connectivity index (χ1n) is 6.46. The van der Waals surface area contributed by atoms with Crippen molar-refractivity contribution < 1.29 is 4.39 Å². The first kappa shape index (κ1) is 14.4. The van der Waals surface area contributed by atoms with Crippen LogP contribution in [0.1, 0.15) is 12.8 Å². The number of halogens is 1. The minimum Gasteiger partial charge on any atom is -0.367 e. The molecule has 1 fully saturated rings. The fourth-order valence-corrected chi connectivity index (χ4v) is 2.30. The number of benzene rings is 1. The maximum absolute atomic E-state index is 14.1. The van der Waals surface area contributed by atoms with Gasteiger partial charge in [0.1, 0.15) is 29.7 Å². The summed E-state index contributed by atoms with van der Waals surface area (Å²) in [5.41, 5.74) is 0.259. The second kappa shape index (κ2) is 6.41. The van der Waals surface area contributed by atoms with Gasteiger partial charge in [0.25, 0.3) is 0 Å². The highest BCUT2D eigenvalue weighted by Gasteiger charge is 2.20. The molecule has 1 aromatic rings. The van der Waals surface area contributed by atoms with E-state index in [0.717, 1.165) is 25.9 Å². The molecule has 21 heavy (non-hydrogen) atoms. The van der Waals surface area contributed by atoms with Crippen molar-refractivity contribution in [1.82, 2.24) is 0 Å². The minimum atomic E-state index is -0.394. The number of hydrogen-bond donors (Lipinski definition) is 1. The predicted molar refractivity (Wildman–Crippen MR) is 75.3 cm³/mol. The summed E-state index contributed by atoms with van der Waals surface area (Å²) in [5.74, 6) is -0.394. The molecule has 0 unspecified atom stereocenters. The Morgan fingerprint density at radius 2 is 1.76 bits per heavy atom. The maximum atomic E-state index is 14.1. The van der Waals surface area contributed by atoms with Gasteiger partial charge in [-0.05, 0) is 25.0 Å². The predicted octanol–water partition coefficient (Wildman–Crippen LogP) is 2.66. The monoisotopic (exact) mass is 281 g/mol. The number of nitrogens with one attached hydrogen (secondary N) is 1. The number of nitrogens with zero attached hydrogens (tertiary/aromatic N) is 4. The normalized spacial score (nSPS) is 13.0. The van der Waals surface area contributed by atoms with Crippen LogP contribution in [0.3, 0.4) is 0 Å². The fourth-order valence-electron chi connectivity index (χ4n) is 2.30. The average Bonchev–Trinajstić information content (AvgIpc) is 3.01. The molecule has 1 heterocycles. The van der Waals surface area contributed by atoms with E-state index in [2.05, 4.69) is 5.32 Å². The van der Waals surface area contributed by atoms with Crippen LogP contribution in [0.25, 0.3) is 0 Å². The zero-order valence-corrected chi connectivity index (χ0v) is 11.2. The van der Waals surface area contributed by atoms with Crippen molar-refractivity contribution in [2.45, 2.75) is 12.8 Å². The van der Waals surface area contributed by atoms with Gasteiger partial charge in [-0.3, -0.25) is 0 Å². The van der Waals surface area contributed by atoms with E-state index in [4.69, 9.17) is 15.8 Å². The van der Waals surface area contributed by atoms with Crippen molar-refractivity contribution >= 4 is 11.4 Å². The first-order chi connectivity index (χ1) is 10.2. The lowest BCUT2D eigenvalue weighted by molar-refractivity contribution is 0.624. The summed E-state index contributed by atoms with van der Waals surface area (Å²) < 4.78 is 14.1. The Kier molecular flexibility index (Phi) is 4.39. The van der Waals surface area contributed by atoms with Crippen molar-refractivity contribution in [2.75, 3.05) is 23.3 Å². The van der Waals surface area contributed by atoms with Crippen LogP contribution in [0.2, 0.25) is 0 Å². The van der Waals surface area contributed by atoms with Gasteiger partial charge in [-0.15, -0.1) is 0 Å². The summed E-state index contributed by atoms with van der Waals surface area (Å²) in [7, 11) is 0. The molecule has 6 heteroatoms. The largest absolute Gasteiger partial charge is 0.367 e. The van der Waals surface area contributed by atoms with E-state index >= 15 is 0 Å². The van der Waals surface area contributed by atoms with Crippen LogP contribution >= 0.6 is 0 Å². The smallest absolute Gasteiger partial charge is 0.163 e. The van der Waals surface area contributed by atoms with E-state index in [1.54, 1.807) is 24.3 Å². The van der Waals surface area contributed by atoms with Crippen LogP contribution in [0.15, 0.2) is 29.5 Å². The third kappa shape index (κ3) is 2.94. The Morgan fingerprint density at radius 3 is 2.33 bits per heavy atom. The van der Waals surface area contributed by atoms with Gasteiger partial charge in [0.2, 0.25) is 0 Å². The summed E-state index contributed by atoms with van der Waals surface area (Å²) in [4.78, 5) is 1.89. The Balaban J connectivity index is 2.44. The lowest BCUT2D eigenvalue weighted by Gasteiger charge is -2.22. The Labute approximate surface area is 122 Å². The minimum absolute atomic E-state index is 0.175. The number of anilines is 2. The van der Waals surface area contributed by atoms with Gasteiger partial charge in [0, 0.05) is 13.1 Å². The average molecular weight is 281 g/mol. The molecule has 1 N–H and O–H groups in total. The zero-order valence-electron chi connectivity index (χ0n) is 11.2. The van der Waals surface area contributed by atoms with Crippen molar-refractivity contribution in [2.24, 2.45) is 0 Å². The molecule has 0 amide bonds. The molecule has 0 atom stereocenters. The highest BCUT2D eigenvalue weighted by Crippen LogP contribution is 2.32. The van der Waals surface area contributed by atoms with Gasteiger partial charge in [-0.1, -0.05) is 6.07 Å². The molecule has 5 nitrogen and oxygen atoms in total. The van der Waals surface area contributed by atoms with Crippen LogP contribution in [0.4, 0.5) is 15.8 Å². The molecule has 1 aliphatic heterocycles. The lowest BCUT2D eigenvalue weighted by atomic mass is 10.2. The van der Waals surface area contributed by atoms with Crippen LogP contribution in [-0.4, -0.2) is 13.1 Å². The van der Waals surface area contributed by atoms with Crippen LogP contribution in [-0.2, 0) is 0 Å². The van der Waals surface area contributed by atoms with Crippen molar-refractivity contribution in [3.05, 3.63) is 35.3 Å². The Morgan fingerprint density at radius 1 is 1.10 bits per heavy atom. The molecule has 0 aromatic heterocycles. The second-order valence-electron chi connectivity index (χ2n) is 4.54. The lowest BCUT2D eigenvalue weighted by Crippen LogP contribution is -2.20. The second-order valence-corrected chi connectivity index (χ2v) is 4.54. The van der Waals surface area contributed by atoms with Gasteiger partial charge in [0.05, 0.1) is 11.4 Å². The van der Waals surface area contributed by atoms with Gasteiger partial charge >= 0.3 is 0 Å². The number of rotatable bonds is 3. The van der Waals surface area contributed by atoms with Crippen molar-refractivity contribution in [3.8, 4) is 18.2 Å². The number of allylic oxidation sites excluding steroid dienone is 2. The SMILES string of the molecule is N#CC(C#N)=C(C#N)Nc1cccc(F)c1N1CCCC1. The summed E-state index contributed by atoms with van der Waals surface area (Å²) in [6, 6.07) is 9.57. The third-order valence-electron chi connectivity index (χ3n) is 3.25. The summed E-state index contributed by atoms with van der Waals surface area (Å²) >= 11 is 0. The van der Waals surface area contributed by atoms with Gasteiger partial charge in [0.15, 0.2) is 5.57 Å². The third-order valence-corrected chi connectivity index (χ3v) is 3.25. The maximum Gasteiger partial charge on any atom is 0.163 e. The molecule has 1 aromatic carbocycles. The quantitative estimate of drug-likeness (QED) is 0.861. The van der Waals surface area contributed by atoms with Gasteiger partial charge in [-0.2, -0.15) is 15.8 Å². The molecule has 1 aliphatic rings. The fraction of sp³-hybridized carbons (Fsp3) is 0.267. The molecule has 0 spiro atoms. The highest BCUT2D eigenvalue weighted by atomic mass is 19.1. The summed E-state index contributed by atoms with van der Waals surface area (Å²) in [5, 5.41) is 29.4. The van der Waals surface area contributed by atoms with E-state index in [9.17, 15) is 4.39 Å². The summed E-state index contributed by atoms with van der Waals surface area (Å²) in [6.45, 7) is 1.48. The molecule has 2 rings (SSSR count). The van der Waals surface area contributed by atoms with E-state index in [1.165, 1.54) is 12.1 Å². The summed E-state index contributed by atoms with van der Waals surface area (Å²) in [6.07, 6.45) is 1.97. The molecule has 0 saturated carbocycles. The molecule has 104 valence electrons. The number of nitriles is 3. The van der Waals surface area contributed by atoms with E-state index < -0.39 is 5.82 Å². The zero-order chi connectivity index (χ0) is 15.2. The highest BCUT2D eigenvalue weighted by molar-refractivity contribution is 5.74. The van der Waals surface area contributed by atoms with E-state index in [0.29, 0.717) is 11.4 Å². The molecule has 0 radical (unpaired) electrons. The van der Waals surface area contributed by atoms with E-state index in [1.807, 2.05) is 4.90 Å². The molecule has 1 saturated heterocycles. The molecular formula is C15H12FN5. The Hall–Kier alpha value is -3.04. The van der Waals surface area contributed by atoms with Crippen LogP contribution < -0.4 is 10.2 Å². The Bertz CT molecular complexity index is 680. The molecule has 0 bridgehead atoms.